The van der Waals surface area contributed by atoms with E-state index in [-0.39, 0.29) is 5.91 Å². The average Bonchev–Trinajstić information content (AvgIpc) is 2.78. The van der Waals surface area contributed by atoms with Gasteiger partial charge in [-0.2, -0.15) is 0 Å². The zero-order valence-corrected chi connectivity index (χ0v) is 12.0. The van der Waals surface area contributed by atoms with Gasteiger partial charge in [0.1, 0.15) is 4.88 Å². The molecular formula is C15H13N3OS. The van der Waals surface area contributed by atoms with Crippen LogP contribution in [0, 0.1) is 13.8 Å². The van der Waals surface area contributed by atoms with Gasteiger partial charge in [0.2, 0.25) is 0 Å². The highest BCUT2D eigenvalue weighted by Gasteiger charge is 2.14. The number of amides is 1. The third kappa shape index (κ3) is 2.28. The van der Waals surface area contributed by atoms with E-state index in [1.165, 1.54) is 11.3 Å². The Balaban J connectivity index is 1.97. The van der Waals surface area contributed by atoms with Crippen LogP contribution < -0.4 is 5.32 Å². The Morgan fingerprint density at radius 2 is 2.05 bits per heavy atom. The maximum absolute atomic E-state index is 12.3. The predicted molar refractivity (Wildman–Crippen MR) is 81.3 cm³/mol. The molecule has 0 saturated carbocycles. The van der Waals surface area contributed by atoms with Crippen molar-refractivity contribution in [3.63, 3.8) is 0 Å². The molecule has 0 spiro atoms. The van der Waals surface area contributed by atoms with Gasteiger partial charge in [0, 0.05) is 11.6 Å². The van der Waals surface area contributed by atoms with Gasteiger partial charge >= 0.3 is 0 Å². The van der Waals surface area contributed by atoms with Crippen molar-refractivity contribution in [1.29, 1.82) is 0 Å². The average molecular weight is 283 g/mol. The molecule has 1 N–H and O–H groups in total. The van der Waals surface area contributed by atoms with Crippen molar-refractivity contribution in [3.05, 3.63) is 52.1 Å². The molecule has 1 aromatic carbocycles. The lowest BCUT2D eigenvalue weighted by Gasteiger charge is -2.07. The van der Waals surface area contributed by atoms with Crippen molar-refractivity contribution in [1.82, 2.24) is 9.97 Å². The van der Waals surface area contributed by atoms with Crippen LogP contribution in [0.4, 0.5) is 5.69 Å². The minimum Gasteiger partial charge on any atom is -0.321 e. The topological polar surface area (TPSA) is 54.9 Å². The Labute approximate surface area is 120 Å². The number of thiazole rings is 1. The number of fused-ring (bicyclic) bond motifs is 1. The number of nitrogens with one attached hydrogen (secondary N) is 1. The van der Waals surface area contributed by atoms with E-state index in [2.05, 4.69) is 15.3 Å². The molecule has 0 unspecified atom stereocenters. The monoisotopic (exact) mass is 283 g/mol. The molecule has 3 rings (SSSR count). The van der Waals surface area contributed by atoms with Gasteiger partial charge in [0.25, 0.3) is 5.91 Å². The summed E-state index contributed by atoms with van der Waals surface area (Å²) in [5.74, 6) is -0.121. The van der Waals surface area contributed by atoms with E-state index < -0.39 is 0 Å². The summed E-state index contributed by atoms with van der Waals surface area (Å²) < 4.78 is 0. The van der Waals surface area contributed by atoms with Gasteiger partial charge < -0.3 is 5.32 Å². The molecule has 0 aliphatic carbocycles. The van der Waals surface area contributed by atoms with Crippen molar-refractivity contribution in [3.8, 4) is 0 Å². The molecule has 0 fully saturated rings. The van der Waals surface area contributed by atoms with Crippen LogP contribution >= 0.6 is 11.3 Å². The number of benzene rings is 1. The molecule has 0 radical (unpaired) electrons. The lowest BCUT2D eigenvalue weighted by Crippen LogP contribution is -2.11. The quantitative estimate of drug-likeness (QED) is 0.782. The summed E-state index contributed by atoms with van der Waals surface area (Å²) in [6.45, 7) is 3.75. The molecular weight excluding hydrogens is 270 g/mol. The second-order valence-electron chi connectivity index (χ2n) is 4.48. The van der Waals surface area contributed by atoms with Gasteiger partial charge in [-0.05, 0) is 38.1 Å². The lowest BCUT2D eigenvalue weighted by atomic mass is 10.2. The van der Waals surface area contributed by atoms with Crippen LogP contribution in [0.15, 0.2) is 36.5 Å². The molecule has 0 bridgehead atoms. The fourth-order valence-electron chi connectivity index (χ4n) is 2.13. The van der Waals surface area contributed by atoms with Crippen LogP contribution in [0.3, 0.4) is 0 Å². The van der Waals surface area contributed by atoms with Gasteiger partial charge in [-0.15, -0.1) is 11.3 Å². The number of carbonyl (C=O) groups excluding carboxylic acids is 1. The summed E-state index contributed by atoms with van der Waals surface area (Å²) >= 11 is 1.41. The minimum atomic E-state index is -0.121. The zero-order chi connectivity index (χ0) is 14.1. The normalized spacial score (nSPS) is 10.7. The number of pyridine rings is 1. The first-order valence-electron chi connectivity index (χ1n) is 6.24. The third-order valence-electron chi connectivity index (χ3n) is 3.00. The first-order valence-corrected chi connectivity index (χ1v) is 7.06. The number of carbonyl (C=O) groups is 1. The molecule has 1 amide bonds. The Morgan fingerprint density at radius 1 is 1.20 bits per heavy atom. The molecule has 3 aromatic rings. The number of hydrogen-bond acceptors (Lipinski definition) is 4. The minimum absolute atomic E-state index is 0.121. The fourth-order valence-corrected chi connectivity index (χ4v) is 2.95. The number of nitrogens with zero attached hydrogens (tertiary/aromatic N) is 2. The third-order valence-corrected chi connectivity index (χ3v) is 4.08. The summed E-state index contributed by atoms with van der Waals surface area (Å²) in [7, 11) is 0. The molecule has 0 atom stereocenters. The predicted octanol–water partition coefficient (Wildman–Crippen LogP) is 3.56. The van der Waals surface area contributed by atoms with Crippen molar-refractivity contribution in [2.45, 2.75) is 13.8 Å². The van der Waals surface area contributed by atoms with E-state index in [4.69, 9.17) is 0 Å². The fraction of sp³-hybridized carbons (Fsp3) is 0.133. The lowest BCUT2D eigenvalue weighted by molar-refractivity contribution is 0.103. The Kier molecular flexibility index (Phi) is 3.20. The van der Waals surface area contributed by atoms with E-state index in [9.17, 15) is 4.79 Å². The number of rotatable bonds is 2. The maximum Gasteiger partial charge on any atom is 0.267 e. The van der Waals surface area contributed by atoms with Crippen LogP contribution in [0.2, 0.25) is 0 Å². The first-order chi connectivity index (χ1) is 9.65. The molecule has 100 valence electrons. The van der Waals surface area contributed by atoms with Crippen molar-refractivity contribution in [2.24, 2.45) is 0 Å². The molecule has 20 heavy (non-hydrogen) atoms. The molecule has 5 heteroatoms. The SMILES string of the molecule is Cc1nc(C)c(C(=O)Nc2cccc3ncccc23)s1. The number of anilines is 1. The highest BCUT2D eigenvalue weighted by atomic mass is 32.1. The van der Waals surface area contributed by atoms with Crippen LogP contribution in [-0.2, 0) is 0 Å². The van der Waals surface area contributed by atoms with Crippen LogP contribution in [-0.4, -0.2) is 15.9 Å². The van der Waals surface area contributed by atoms with Crippen molar-refractivity contribution >= 4 is 33.8 Å². The second-order valence-corrected chi connectivity index (χ2v) is 5.68. The maximum atomic E-state index is 12.3. The molecule has 2 aromatic heterocycles. The number of hydrogen-bond donors (Lipinski definition) is 1. The van der Waals surface area contributed by atoms with E-state index in [1.54, 1.807) is 6.20 Å². The van der Waals surface area contributed by atoms with Crippen LogP contribution in [0.1, 0.15) is 20.4 Å². The molecule has 0 aliphatic heterocycles. The van der Waals surface area contributed by atoms with Crippen LogP contribution in [0.5, 0.6) is 0 Å². The van der Waals surface area contributed by atoms with Gasteiger partial charge in [-0.1, -0.05) is 6.07 Å². The van der Waals surface area contributed by atoms with Gasteiger partial charge in [-0.25, -0.2) is 4.98 Å². The summed E-state index contributed by atoms with van der Waals surface area (Å²) in [5, 5.41) is 4.78. The van der Waals surface area contributed by atoms with E-state index in [0.717, 1.165) is 27.3 Å². The van der Waals surface area contributed by atoms with Gasteiger partial charge in [0.05, 0.1) is 21.9 Å². The molecule has 2 heterocycles. The summed E-state index contributed by atoms with van der Waals surface area (Å²) in [6.07, 6.45) is 1.74. The van der Waals surface area contributed by atoms with Crippen molar-refractivity contribution in [2.75, 3.05) is 5.32 Å². The Hall–Kier alpha value is -2.27. The summed E-state index contributed by atoms with van der Waals surface area (Å²) in [6, 6.07) is 9.50. The Bertz CT molecular complexity index is 789. The standard InChI is InChI=1S/C15H13N3OS/c1-9-14(20-10(2)17-9)15(19)18-13-7-3-6-12-11(13)5-4-8-16-12/h3-8H,1-2H3,(H,18,19). The van der Waals surface area contributed by atoms with Crippen LogP contribution in [0.25, 0.3) is 10.9 Å². The zero-order valence-electron chi connectivity index (χ0n) is 11.2. The number of aromatic nitrogens is 2. The smallest absolute Gasteiger partial charge is 0.267 e. The second kappa shape index (κ2) is 5.02. The highest BCUT2D eigenvalue weighted by molar-refractivity contribution is 7.13. The molecule has 4 nitrogen and oxygen atoms in total. The Morgan fingerprint density at radius 3 is 2.80 bits per heavy atom. The molecule has 0 saturated heterocycles. The van der Waals surface area contributed by atoms with E-state index in [1.807, 2.05) is 44.2 Å². The van der Waals surface area contributed by atoms with E-state index in [0.29, 0.717) is 4.88 Å². The van der Waals surface area contributed by atoms with Gasteiger partial charge in [0.15, 0.2) is 0 Å². The number of aryl methyl sites for hydroxylation is 2. The highest BCUT2D eigenvalue weighted by Crippen LogP contribution is 2.24. The molecule has 0 aliphatic rings. The van der Waals surface area contributed by atoms with E-state index >= 15 is 0 Å². The first kappa shape index (κ1) is 12.7. The summed E-state index contributed by atoms with van der Waals surface area (Å²) in [4.78, 5) is 21.6. The summed E-state index contributed by atoms with van der Waals surface area (Å²) in [5.41, 5.74) is 2.40. The largest absolute Gasteiger partial charge is 0.321 e. The van der Waals surface area contributed by atoms with Gasteiger partial charge in [-0.3, -0.25) is 9.78 Å². The van der Waals surface area contributed by atoms with Crippen molar-refractivity contribution < 1.29 is 4.79 Å².